The summed E-state index contributed by atoms with van der Waals surface area (Å²) in [6.07, 6.45) is 2.01. The van der Waals surface area contributed by atoms with Gasteiger partial charge in [-0.2, -0.15) is 0 Å². The lowest BCUT2D eigenvalue weighted by molar-refractivity contribution is -0.127. The summed E-state index contributed by atoms with van der Waals surface area (Å²) < 4.78 is 6.60. The predicted molar refractivity (Wildman–Crippen MR) is 134 cm³/mol. The van der Waals surface area contributed by atoms with Crippen molar-refractivity contribution in [2.24, 2.45) is 0 Å². The number of hydrogen-bond donors (Lipinski definition) is 1. The highest BCUT2D eigenvalue weighted by atomic mass is 16.5. The summed E-state index contributed by atoms with van der Waals surface area (Å²) in [7, 11) is 0. The Labute approximate surface area is 193 Å². The maximum atomic E-state index is 13.6. The molecule has 6 rings (SSSR count). The van der Waals surface area contributed by atoms with Gasteiger partial charge in [0, 0.05) is 16.5 Å². The standard InChI is InChI=1S/C30H25NO2/c1-29(2,3)21-14-16-26-23(17-21)24(19-9-5-4-6-10-19)18-30(33-26)25-15-13-20-11-7-8-12-22(20)27(25)31-28(30)32/h4-18H,1-3H3,(H,31,32). The van der Waals surface area contributed by atoms with Gasteiger partial charge in [-0.05, 0) is 45.7 Å². The van der Waals surface area contributed by atoms with Crippen molar-refractivity contribution in [2.75, 3.05) is 5.32 Å². The molecule has 0 fully saturated rings. The lowest BCUT2D eigenvalue weighted by Crippen LogP contribution is -2.40. The number of fused-ring (bicyclic) bond motifs is 5. The molecule has 1 N–H and O–H groups in total. The molecule has 1 spiro atoms. The molecule has 2 aliphatic heterocycles. The number of carbonyl (C=O) groups is 1. The number of ether oxygens (including phenoxy) is 1. The summed E-state index contributed by atoms with van der Waals surface area (Å²) in [6, 6.07) is 28.8. The van der Waals surface area contributed by atoms with Gasteiger partial charge in [0.05, 0.1) is 5.69 Å². The first kappa shape index (κ1) is 19.8. The molecule has 4 aromatic carbocycles. The van der Waals surface area contributed by atoms with Crippen LogP contribution in [0, 0.1) is 0 Å². The van der Waals surface area contributed by atoms with Crippen molar-refractivity contribution in [2.45, 2.75) is 31.8 Å². The first-order valence-electron chi connectivity index (χ1n) is 11.3. The highest BCUT2D eigenvalue weighted by molar-refractivity contribution is 6.15. The van der Waals surface area contributed by atoms with E-state index in [1.54, 1.807) is 0 Å². The molecule has 0 radical (unpaired) electrons. The third kappa shape index (κ3) is 2.92. The molecule has 3 nitrogen and oxygen atoms in total. The molecule has 0 aromatic heterocycles. The van der Waals surface area contributed by atoms with Crippen LogP contribution in [0.2, 0.25) is 0 Å². The summed E-state index contributed by atoms with van der Waals surface area (Å²) in [5.74, 6) is 0.563. The van der Waals surface area contributed by atoms with Crippen LogP contribution >= 0.6 is 0 Å². The molecule has 1 amide bonds. The maximum Gasteiger partial charge on any atom is 0.277 e. The Hall–Kier alpha value is -3.85. The van der Waals surface area contributed by atoms with Gasteiger partial charge in [0.1, 0.15) is 5.75 Å². The van der Waals surface area contributed by atoms with Gasteiger partial charge >= 0.3 is 0 Å². The molecule has 0 saturated heterocycles. The van der Waals surface area contributed by atoms with E-state index in [9.17, 15) is 4.79 Å². The zero-order valence-corrected chi connectivity index (χ0v) is 19.0. The molecule has 1 unspecified atom stereocenters. The van der Waals surface area contributed by atoms with Crippen LogP contribution in [0.5, 0.6) is 5.75 Å². The van der Waals surface area contributed by atoms with Gasteiger partial charge in [-0.1, -0.05) is 93.6 Å². The Morgan fingerprint density at radius 1 is 0.848 bits per heavy atom. The molecular weight excluding hydrogens is 406 g/mol. The van der Waals surface area contributed by atoms with Crippen LogP contribution < -0.4 is 10.1 Å². The van der Waals surface area contributed by atoms with Gasteiger partial charge in [-0.3, -0.25) is 4.79 Å². The molecule has 4 aromatic rings. The molecule has 162 valence electrons. The number of carbonyl (C=O) groups excluding carboxylic acids is 1. The number of anilines is 1. The number of amides is 1. The predicted octanol–water partition coefficient (Wildman–Crippen LogP) is 6.81. The van der Waals surface area contributed by atoms with Crippen LogP contribution in [0.15, 0.2) is 91.0 Å². The fourth-order valence-electron chi connectivity index (χ4n) is 4.93. The Bertz CT molecular complexity index is 1460. The van der Waals surface area contributed by atoms with E-state index in [1.165, 1.54) is 5.56 Å². The molecule has 2 heterocycles. The number of rotatable bonds is 1. The molecular formula is C30H25NO2. The smallest absolute Gasteiger partial charge is 0.277 e. The van der Waals surface area contributed by atoms with Crippen molar-refractivity contribution in [1.29, 1.82) is 0 Å². The van der Waals surface area contributed by atoms with Crippen LogP contribution in [0.1, 0.15) is 43.0 Å². The normalized spacial score (nSPS) is 19.0. The minimum absolute atomic E-state index is 0.00219. The summed E-state index contributed by atoms with van der Waals surface area (Å²) in [4.78, 5) is 13.6. The zero-order chi connectivity index (χ0) is 22.8. The minimum Gasteiger partial charge on any atom is -0.468 e. The van der Waals surface area contributed by atoms with Crippen molar-refractivity contribution in [1.82, 2.24) is 0 Å². The fourth-order valence-corrected chi connectivity index (χ4v) is 4.93. The first-order chi connectivity index (χ1) is 15.9. The second-order valence-electron chi connectivity index (χ2n) is 9.89. The van der Waals surface area contributed by atoms with Crippen LogP contribution in [0.25, 0.3) is 16.3 Å². The number of hydrogen-bond acceptors (Lipinski definition) is 2. The van der Waals surface area contributed by atoms with E-state index >= 15 is 0 Å². The second-order valence-corrected chi connectivity index (χ2v) is 9.89. The van der Waals surface area contributed by atoms with Crippen molar-refractivity contribution >= 4 is 27.9 Å². The van der Waals surface area contributed by atoms with Crippen LogP contribution in [0.4, 0.5) is 5.69 Å². The van der Waals surface area contributed by atoms with Crippen LogP contribution in [0.3, 0.4) is 0 Å². The molecule has 3 heteroatoms. The van der Waals surface area contributed by atoms with E-state index in [0.717, 1.165) is 44.5 Å². The Kier molecular flexibility index (Phi) is 4.09. The Morgan fingerprint density at radius 3 is 2.39 bits per heavy atom. The van der Waals surface area contributed by atoms with Gasteiger partial charge in [-0.15, -0.1) is 0 Å². The minimum atomic E-state index is -1.21. The van der Waals surface area contributed by atoms with Gasteiger partial charge in [-0.25, -0.2) is 0 Å². The van der Waals surface area contributed by atoms with E-state index < -0.39 is 5.60 Å². The van der Waals surface area contributed by atoms with E-state index in [0.29, 0.717) is 0 Å². The molecule has 0 aliphatic carbocycles. The largest absolute Gasteiger partial charge is 0.468 e. The quantitative estimate of drug-likeness (QED) is 0.360. The highest BCUT2D eigenvalue weighted by Crippen LogP contribution is 2.50. The summed E-state index contributed by atoms with van der Waals surface area (Å²) >= 11 is 0. The molecule has 2 aliphatic rings. The monoisotopic (exact) mass is 431 g/mol. The summed E-state index contributed by atoms with van der Waals surface area (Å²) in [5, 5.41) is 5.24. The van der Waals surface area contributed by atoms with E-state index in [2.05, 4.69) is 62.5 Å². The lowest BCUT2D eigenvalue weighted by Gasteiger charge is -2.34. The number of nitrogens with one attached hydrogen (secondary N) is 1. The molecule has 0 saturated carbocycles. The van der Waals surface area contributed by atoms with Gasteiger partial charge in [0.2, 0.25) is 5.60 Å². The SMILES string of the molecule is CC(C)(C)c1ccc2c(c1)C(c1ccccc1)=CC1(O2)C(=O)Nc2c1ccc1ccccc21. The van der Waals surface area contributed by atoms with Crippen molar-refractivity contribution in [3.63, 3.8) is 0 Å². The summed E-state index contributed by atoms with van der Waals surface area (Å²) in [5.41, 5.74) is 4.80. The zero-order valence-electron chi connectivity index (χ0n) is 19.0. The van der Waals surface area contributed by atoms with Crippen LogP contribution in [-0.2, 0) is 15.8 Å². The fraction of sp³-hybridized carbons (Fsp3) is 0.167. The van der Waals surface area contributed by atoms with Gasteiger partial charge in [0.15, 0.2) is 0 Å². The molecule has 1 atom stereocenters. The Balaban J connectivity index is 1.63. The third-order valence-electron chi connectivity index (χ3n) is 6.74. The van der Waals surface area contributed by atoms with E-state index in [-0.39, 0.29) is 11.3 Å². The first-order valence-corrected chi connectivity index (χ1v) is 11.3. The molecule has 0 bridgehead atoms. The maximum absolute atomic E-state index is 13.6. The third-order valence-corrected chi connectivity index (χ3v) is 6.74. The van der Waals surface area contributed by atoms with E-state index in [4.69, 9.17) is 4.74 Å². The second kappa shape index (κ2) is 6.82. The topological polar surface area (TPSA) is 38.3 Å². The van der Waals surface area contributed by atoms with Crippen molar-refractivity contribution < 1.29 is 9.53 Å². The average molecular weight is 432 g/mol. The van der Waals surface area contributed by atoms with Crippen molar-refractivity contribution in [3.05, 3.63) is 113 Å². The number of benzene rings is 4. The average Bonchev–Trinajstić information content (AvgIpc) is 3.09. The van der Waals surface area contributed by atoms with Gasteiger partial charge < -0.3 is 10.1 Å². The lowest BCUT2D eigenvalue weighted by atomic mass is 9.81. The summed E-state index contributed by atoms with van der Waals surface area (Å²) in [6.45, 7) is 6.62. The Morgan fingerprint density at radius 2 is 1.61 bits per heavy atom. The molecule has 33 heavy (non-hydrogen) atoms. The van der Waals surface area contributed by atoms with Crippen LogP contribution in [-0.4, -0.2) is 5.91 Å². The van der Waals surface area contributed by atoms with Crippen molar-refractivity contribution in [3.8, 4) is 5.75 Å². The van der Waals surface area contributed by atoms with E-state index in [1.807, 2.05) is 54.6 Å². The van der Waals surface area contributed by atoms with Gasteiger partial charge in [0.25, 0.3) is 5.91 Å². The highest BCUT2D eigenvalue weighted by Gasteiger charge is 2.51.